The molecule has 242 valence electrons. The Labute approximate surface area is 260 Å². The second-order valence-corrected chi connectivity index (χ2v) is 16.3. The van der Waals surface area contributed by atoms with E-state index < -0.39 is 42.5 Å². The zero-order valence-corrected chi connectivity index (χ0v) is 27.0. The first-order valence-corrected chi connectivity index (χ1v) is 19.5. The van der Waals surface area contributed by atoms with E-state index in [1.807, 2.05) is 0 Å². The minimum absolute atomic E-state index is 0.00334. The fraction of sp³-hybridized carbons (Fsp3) is 0.647. The van der Waals surface area contributed by atoms with Crippen LogP contribution in [-0.4, -0.2) is 21.4 Å². The predicted molar refractivity (Wildman–Crippen MR) is 165 cm³/mol. The molecule has 0 unspecified atom stereocenters. The third-order valence-corrected chi connectivity index (χ3v) is 12.9. The lowest BCUT2D eigenvalue weighted by atomic mass is 9.76. The van der Waals surface area contributed by atoms with Gasteiger partial charge in [-0.15, -0.1) is 0 Å². The molecule has 0 bridgehead atoms. The second-order valence-electron chi connectivity index (χ2n) is 13.5. The first-order chi connectivity index (χ1) is 21.1. The summed E-state index contributed by atoms with van der Waals surface area (Å²) in [5, 5.41) is 0. The number of halogens is 2. The Morgan fingerprint density at radius 1 is 0.591 bits per heavy atom. The van der Waals surface area contributed by atoms with Crippen molar-refractivity contribution in [2.24, 2.45) is 0 Å². The van der Waals surface area contributed by atoms with Crippen LogP contribution in [0.3, 0.4) is 0 Å². The second kappa shape index (κ2) is 13.0. The van der Waals surface area contributed by atoms with E-state index in [1.165, 1.54) is 12.0 Å². The van der Waals surface area contributed by atoms with Gasteiger partial charge in [0.25, 0.3) is 10.1 Å². The summed E-state index contributed by atoms with van der Waals surface area (Å²) in [5.74, 6) is -3.84. The highest BCUT2D eigenvalue weighted by molar-refractivity contribution is 7.87. The van der Waals surface area contributed by atoms with Crippen LogP contribution in [0.1, 0.15) is 155 Å². The summed E-state index contributed by atoms with van der Waals surface area (Å²) < 4.78 is 99.8. The molecular formula is C34H44F2O6S2. The molecule has 2 aromatic rings. The first kappa shape index (κ1) is 31.9. The molecule has 0 heterocycles. The molecule has 6 rings (SSSR count). The third-order valence-electron chi connectivity index (χ3n) is 10.6. The van der Waals surface area contributed by atoms with Gasteiger partial charge < -0.3 is 4.18 Å². The maximum absolute atomic E-state index is 15.7. The topological polar surface area (TPSA) is 97.7 Å². The van der Waals surface area contributed by atoms with Crippen LogP contribution in [0.4, 0.5) is 8.78 Å². The average Bonchev–Trinajstić information content (AvgIpc) is 3.03. The van der Waals surface area contributed by atoms with Gasteiger partial charge >= 0.3 is 10.1 Å². The van der Waals surface area contributed by atoms with E-state index in [2.05, 4.69) is 12.1 Å². The number of hydrogen-bond acceptors (Lipinski definition) is 5. The van der Waals surface area contributed by atoms with E-state index in [4.69, 9.17) is 4.18 Å². The summed E-state index contributed by atoms with van der Waals surface area (Å²) in [6.07, 6.45) is 16.5. The first-order valence-electron chi connectivity index (χ1n) is 16.7. The molecule has 0 amide bonds. The normalized spacial score (nSPS) is 21.2. The van der Waals surface area contributed by atoms with Gasteiger partial charge in [-0.1, -0.05) is 69.9 Å². The van der Waals surface area contributed by atoms with E-state index >= 15 is 8.78 Å². The summed E-state index contributed by atoms with van der Waals surface area (Å²) in [6.45, 7) is 0. The molecule has 0 saturated heterocycles. The Morgan fingerprint density at radius 3 is 1.52 bits per heavy atom. The van der Waals surface area contributed by atoms with Crippen LogP contribution < -0.4 is 4.18 Å². The Bertz CT molecular complexity index is 1560. The van der Waals surface area contributed by atoms with E-state index in [-0.39, 0.29) is 40.7 Å². The Balaban J connectivity index is 1.54. The number of rotatable bonds is 7. The highest BCUT2D eigenvalue weighted by Crippen LogP contribution is 2.47. The molecule has 4 aliphatic carbocycles. The highest BCUT2D eigenvalue weighted by Gasteiger charge is 2.38. The molecule has 10 heteroatoms. The molecule has 6 nitrogen and oxygen atoms in total. The lowest BCUT2D eigenvalue weighted by molar-refractivity contribution is 0.401. The van der Waals surface area contributed by atoms with Gasteiger partial charge in [0, 0.05) is 5.56 Å². The van der Waals surface area contributed by atoms with Crippen molar-refractivity contribution in [3.8, 4) is 5.75 Å². The predicted octanol–water partition coefficient (Wildman–Crippen LogP) is 9.00. The van der Waals surface area contributed by atoms with Crippen molar-refractivity contribution in [3.05, 3.63) is 51.6 Å². The van der Waals surface area contributed by atoms with Gasteiger partial charge in [0.2, 0.25) is 5.82 Å². The van der Waals surface area contributed by atoms with E-state index in [0.717, 1.165) is 101 Å². The van der Waals surface area contributed by atoms with Crippen molar-refractivity contribution in [1.29, 1.82) is 0 Å². The zero-order valence-electron chi connectivity index (χ0n) is 25.4. The fourth-order valence-electron chi connectivity index (χ4n) is 8.47. The van der Waals surface area contributed by atoms with Crippen LogP contribution in [0.2, 0.25) is 0 Å². The van der Waals surface area contributed by atoms with Crippen molar-refractivity contribution >= 4 is 20.2 Å². The lowest BCUT2D eigenvalue weighted by Crippen LogP contribution is -2.23. The van der Waals surface area contributed by atoms with Crippen LogP contribution in [0.25, 0.3) is 0 Å². The van der Waals surface area contributed by atoms with Crippen LogP contribution in [0.5, 0.6) is 5.75 Å². The minimum Gasteiger partial charge on any atom is -0.375 e. The maximum Gasteiger partial charge on any atom is 0.339 e. The molecule has 0 radical (unpaired) electrons. The summed E-state index contributed by atoms with van der Waals surface area (Å²) in [4.78, 5) is -1.00. The number of hydrogen-bond donors (Lipinski definition) is 1. The molecular weight excluding hydrogens is 606 g/mol. The molecule has 0 aliphatic heterocycles. The van der Waals surface area contributed by atoms with E-state index in [0.29, 0.717) is 18.8 Å². The molecule has 0 atom stereocenters. The minimum atomic E-state index is -5.09. The molecule has 1 N–H and O–H groups in total. The third kappa shape index (κ3) is 6.32. The van der Waals surface area contributed by atoms with E-state index in [1.54, 1.807) is 0 Å². The molecule has 3 saturated carbocycles. The summed E-state index contributed by atoms with van der Waals surface area (Å²) in [7, 11) is -9.75. The smallest absolute Gasteiger partial charge is 0.339 e. The summed E-state index contributed by atoms with van der Waals surface area (Å²) >= 11 is 0. The van der Waals surface area contributed by atoms with Gasteiger partial charge in [-0.25, -0.2) is 4.39 Å². The Hall–Kier alpha value is -2.04. The van der Waals surface area contributed by atoms with Crippen LogP contribution in [0, 0.1) is 11.6 Å². The Kier molecular flexibility index (Phi) is 9.42. The molecule has 0 aromatic heterocycles. The quantitative estimate of drug-likeness (QED) is 0.237. The van der Waals surface area contributed by atoms with Crippen molar-refractivity contribution in [1.82, 2.24) is 0 Å². The molecule has 0 spiro atoms. The molecule has 44 heavy (non-hydrogen) atoms. The maximum atomic E-state index is 15.7. The van der Waals surface area contributed by atoms with Crippen LogP contribution in [-0.2, 0) is 33.1 Å². The monoisotopic (exact) mass is 650 g/mol. The fourth-order valence-corrected chi connectivity index (χ4v) is 10.8. The van der Waals surface area contributed by atoms with Crippen LogP contribution in [0.15, 0.2) is 21.9 Å². The highest BCUT2D eigenvalue weighted by atomic mass is 32.2. The SMILES string of the molecule is O=S(=O)(O)c1c(F)c(F)c(OS(=O)(=O)c2c(C3CCCCC3)cc(C3CCCCC3)cc2C2CCCCC2)c2c1CCCC2. The molecule has 4 aliphatic rings. The van der Waals surface area contributed by atoms with Gasteiger partial charge in [0.15, 0.2) is 11.6 Å². The van der Waals surface area contributed by atoms with Gasteiger partial charge in [0.1, 0.15) is 9.79 Å². The van der Waals surface area contributed by atoms with Gasteiger partial charge in [-0.05, 0) is 104 Å². The van der Waals surface area contributed by atoms with Crippen molar-refractivity contribution in [2.75, 3.05) is 0 Å². The van der Waals surface area contributed by atoms with Gasteiger partial charge in [-0.3, -0.25) is 4.55 Å². The lowest BCUT2D eigenvalue weighted by Gasteiger charge is -2.32. The van der Waals surface area contributed by atoms with Gasteiger partial charge in [0.05, 0.1) is 0 Å². The average molecular weight is 651 g/mol. The molecule has 2 aromatic carbocycles. The summed E-state index contributed by atoms with van der Waals surface area (Å²) in [6, 6.07) is 4.17. The number of benzene rings is 2. The van der Waals surface area contributed by atoms with Crippen LogP contribution >= 0.6 is 0 Å². The molecule has 3 fully saturated rings. The number of fused-ring (bicyclic) bond motifs is 1. The Morgan fingerprint density at radius 2 is 1.05 bits per heavy atom. The zero-order chi connectivity index (χ0) is 31.1. The van der Waals surface area contributed by atoms with Crippen molar-refractivity contribution < 1.29 is 34.4 Å². The van der Waals surface area contributed by atoms with Crippen molar-refractivity contribution in [3.63, 3.8) is 0 Å². The van der Waals surface area contributed by atoms with Gasteiger partial charge in [-0.2, -0.15) is 21.2 Å². The van der Waals surface area contributed by atoms with E-state index in [9.17, 15) is 21.4 Å². The largest absolute Gasteiger partial charge is 0.375 e. The standard InChI is InChI=1S/C34H44F2O6S2/c35-30-31(36)34(43(37,38)39)27-19-11-10-18-26(27)32(30)42-44(40,41)33-28(23-14-6-2-7-15-23)20-25(22-12-4-1-5-13-22)21-29(33)24-16-8-3-9-17-24/h20-24H,1-19H2,(H,37,38,39). The summed E-state index contributed by atoms with van der Waals surface area (Å²) in [5.41, 5.74) is 2.59. The van der Waals surface area contributed by atoms with Crippen molar-refractivity contribution in [2.45, 2.75) is 150 Å².